The first-order chi connectivity index (χ1) is 6.65. The molecule has 1 aliphatic carbocycles. The van der Waals surface area contributed by atoms with Crippen molar-refractivity contribution < 1.29 is 14.7 Å². The normalized spacial score (nSPS) is 18.0. The van der Waals surface area contributed by atoms with Crippen molar-refractivity contribution in [1.29, 1.82) is 0 Å². The molecule has 0 aromatic heterocycles. The van der Waals surface area contributed by atoms with Crippen molar-refractivity contribution in [3.8, 4) is 0 Å². The highest BCUT2D eigenvalue weighted by molar-refractivity contribution is 5.85. The fourth-order valence-corrected chi connectivity index (χ4v) is 1.35. The summed E-state index contributed by atoms with van der Waals surface area (Å²) in [6.45, 7) is 3.45. The molecule has 1 rings (SSSR count). The van der Waals surface area contributed by atoms with E-state index in [9.17, 15) is 9.59 Å². The van der Waals surface area contributed by atoms with Gasteiger partial charge >= 0.3 is 5.97 Å². The second-order valence-corrected chi connectivity index (χ2v) is 3.55. The third kappa shape index (κ3) is 2.58. The Balaban J connectivity index is 2.41. The summed E-state index contributed by atoms with van der Waals surface area (Å²) in [5.74, 6) is -1.11. The average Bonchev–Trinajstić information content (AvgIpc) is 1.99. The lowest BCUT2D eigenvalue weighted by molar-refractivity contribution is -0.142. The molecule has 1 saturated carbocycles. The molecule has 1 amide bonds. The fraction of sp³-hybridized carbons (Fsp3) is 0.600. The number of hydrogen-bond acceptors (Lipinski definition) is 2. The first kappa shape index (κ1) is 10.8. The van der Waals surface area contributed by atoms with Gasteiger partial charge in [-0.15, -0.1) is 6.58 Å². The lowest BCUT2D eigenvalue weighted by Gasteiger charge is -2.25. The van der Waals surface area contributed by atoms with Crippen LogP contribution >= 0.6 is 0 Å². The van der Waals surface area contributed by atoms with Crippen molar-refractivity contribution in [2.75, 3.05) is 0 Å². The number of carboxylic acids is 1. The van der Waals surface area contributed by atoms with Crippen LogP contribution in [0.2, 0.25) is 0 Å². The van der Waals surface area contributed by atoms with E-state index >= 15 is 0 Å². The van der Waals surface area contributed by atoms with E-state index in [1.165, 1.54) is 6.08 Å². The molecule has 0 aliphatic heterocycles. The Labute approximate surface area is 83.0 Å². The highest BCUT2D eigenvalue weighted by atomic mass is 16.4. The molecular weight excluding hydrogens is 182 g/mol. The van der Waals surface area contributed by atoms with Gasteiger partial charge in [-0.25, -0.2) is 4.79 Å². The van der Waals surface area contributed by atoms with Crippen molar-refractivity contribution in [1.82, 2.24) is 5.32 Å². The largest absolute Gasteiger partial charge is 0.480 e. The number of aliphatic carboxylic acids is 1. The van der Waals surface area contributed by atoms with Gasteiger partial charge < -0.3 is 10.4 Å². The van der Waals surface area contributed by atoms with Gasteiger partial charge in [0, 0.05) is 5.92 Å². The molecule has 0 heterocycles. The summed E-state index contributed by atoms with van der Waals surface area (Å²) in [7, 11) is 0. The quantitative estimate of drug-likeness (QED) is 0.644. The SMILES string of the molecule is C=CCC(NC(=O)C1CCC1)C(=O)O. The average molecular weight is 197 g/mol. The van der Waals surface area contributed by atoms with E-state index in [1.807, 2.05) is 0 Å². The lowest BCUT2D eigenvalue weighted by Crippen LogP contribution is -2.44. The van der Waals surface area contributed by atoms with E-state index < -0.39 is 12.0 Å². The van der Waals surface area contributed by atoms with Crippen molar-refractivity contribution in [3.63, 3.8) is 0 Å². The molecule has 4 heteroatoms. The van der Waals surface area contributed by atoms with Gasteiger partial charge in [-0.2, -0.15) is 0 Å². The van der Waals surface area contributed by atoms with Crippen LogP contribution in [0.25, 0.3) is 0 Å². The van der Waals surface area contributed by atoms with Gasteiger partial charge in [-0.3, -0.25) is 4.79 Å². The maximum absolute atomic E-state index is 11.4. The van der Waals surface area contributed by atoms with Crippen LogP contribution in [-0.4, -0.2) is 23.0 Å². The summed E-state index contributed by atoms with van der Waals surface area (Å²) in [5, 5.41) is 11.3. The lowest BCUT2D eigenvalue weighted by atomic mass is 9.84. The molecule has 1 unspecified atom stereocenters. The standard InChI is InChI=1S/C10H15NO3/c1-2-4-8(10(13)14)11-9(12)7-5-3-6-7/h2,7-8H,1,3-6H2,(H,11,12)(H,13,14). The molecular formula is C10H15NO3. The molecule has 78 valence electrons. The van der Waals surface area contributed by atoms with Gasteiger partial charge in [0.2, 0.25) is 5.91 Å². The van der Waals surface area contributed by atoms with E-state index in [2.05, 4.69) is 11.9 Å². The summed E-state index contributed by atoms with van der Waals surface area (Å²) in [6.07, 6.45) is 4.60. The molecule has 0 saturated heterocycles. The van der Waals surface area contributed by atoms with Crippen molar-refractivity contribution in [2.24, 2.45) is 5.92 Å². The van der Waals surface area contributed by atoms with Crippen LogP contribution in [0.4, 0.5) is 0 Å². The molecule has 1 aliphatic rings. The Hall–Kier alpha value is -1.32. The van der Waals surface area contributed by atoms with E-state index in [1.54, 1.807) is 0 Å². The second kappa shape index (κ2) is 4.79. The zero-order valence-corrected chi connectivity index (χ0v) is 8.03. The highest BCUT2D eigenvalue weighted by Crippen LogP contribution is 2.26. The number of rotatable bonds is 5. The second-order valence-electron chi connectivity index (χ2n) is 3.55. The van der Waals surface area contributed by atoms with Gasteiger partial charge in [0.25, 0.3) is 0 Å². The number of hydrogen-bond donors (Lipinski definition) is 2. The van der Waals surface area contributed by atoms with Crippen LogP contribution < -0.4 is 5.32 Å². The van der Waals surface area contributed by atoms with Gasteiger partial charge in [-0.1, -0.05) is 12.5 Å². The molecule has 4 nitrogen and oxygen atoms in total. The predicted octanol–water partition coefficient (Wildman–Crippen LogP) is 0.932. The van der Waals surface area contributed by atoms with Crippen molar-refractivity contribution in [3.05, 3.63) is 12.7 Å². The van der Waals surface area contributed by atoms with E-state index in [4.69, 9.17) is 5.11 Å². The molecule has 2 N–H and O–H groups in total. The maximum Gasteiger partial charge on any atom is 0.326 e. The number of carbonyl (C=O) groups is 2. The van der Waals surface area contributed by atoms with Crippen LogP contribution in [0.1, 0.15) is 25.7 Å². The molecule has 0 spiro atoms. The monoisotopic (exact) mass is 197 g/mol. The fourth-order valence-electron chi connectivity index (χ4n) is 1.35. The minimum atomic E-state index is -1.00. The van der Waals surface area contributed by atoms with Crippen molar-refractivity contribution in [2.45, 2.75) is 31.7 Å². The smallest absolute Gasteiger partial charge is 0.326 e. The van der Waals surface area contributed by atoms with E-state index in [-0.39, 0.29) is 18.2 Å². The minimum absolute atomic E-state index is 0.0293. The van der Waals surface area contributed by atoms with Crippen LogP contribution in [-0.2, 0) is 9.59 Å². The molecule has 0 aromatic rings. The molecule has 0 radical (unpaired) electrons. The summed E-state index contributed by atoms with van der Waals surface area (Å²) in [4.78, 5) is 22.1. The highest BCUT2D eigenvalue weighted by Gasteiger charge is 2.28. The predicted molar refractivity (Wildman–Crippen MR) is 51.7 cm³/mol. The van der Waals surface area contributed by atoms with Crippen LogP contribution in [0.15, 0.2) is 12.7 Å². The van der Waals surface area contributed by atoms with Gasteiger partial charge in [0.1, 0.15) is 6.04 Å². The summed E-state index contributed by atoms with van der Waals surface area (Å²) >= 11 is 0. The number of carboxylic acid groups (broad SMARTS) is 1. The Morgan fingerprint density at radius 2 is 2.21 bits per heavy atom. The van der Waals surface area contributed by atoms with Gasteiger partial charge in [0.05, 0.1) is 0 Å². The maximum atomic E-state index is 11.4. The van der Waals surface area contributed by atoms with Crippen LogP contribution in [0.5, 0.6) is 0 Å². The summed E-state index contributed by atoms with van der Waals surface area (Å²) in [6, 6.07) is -0.819. The third-order valence-electron chi connectivity index (χ3n) is 2.49. The Morgan fingerprint density at radius 3 is 2.57 bits per heavy atom. The molecule has 1 fully saturated rings. The summed E-state index contributed by atoms with van der Waals surface area (Å²) in [5.41, 5.74) is 0. The zero-order valence-electron chi connectivity index (χ0n) is 8.03. The Morgan fingerprint density at radius 1 is 1.57 bits per heavy atom. The Kier molecular flexibility index (Phi) is 3.68. The minimum Gasteiger partial charge on any atom is -0.480 e. The topological polar surface area (TPSA) is 66.4 Å². The van der Waals surface area contributed by atoms with Gasteiger partial charge in [-0.05, 0) is 19.3 Å². The number of amides is 1. The molecule has 0 bridgehead atoms. The summed E-state index contributed by atoms with van der Waals surface area (Å²) < 4.78 is 0. The molecule has 14 heavy (non-hydrogen) atoms. The van der Waals surface area contributed by atoms with Crippen LogP contribution in [0, 0.1) is 5.92 Å². The van der Waals surface area contributed by atoms with E-state index in [0.29, 0.717) is 0 Å². The van der Waals surface area contributed by atoms with Crippen molar-refractivity contribution >= 4 is 11.9 Å². The first-order valence-electron chi connectivity index (χ1n) is 4.79. The van der Waals surface area contributed by atoms with Crippen LogP contribution in [0.3, 0.4) is 0 Å². The first-order valence-corrected chi connectivity index (χ1v) is 4.79. The molecule has 0 aromatic carbocycles. The van der Waals surface area contributed by atoms with E-state index in [0.717, 1.165) is 19.3 Å². The number of nitrogens with one attached hydrogen (secondary N) is 1. The number of carbonyl (C=O) groups excluding carboxylic acids is 1. The van der Waals surface area contributed by atoms with Gasteiger partial charge in [0.15, 0.2) is 0 Å². The zero-order chi connectivity index (χ0) is 10.6. The Bertz CT molecular complexity index is 246. The third-order valence-corrected chi connectivity index (χ3v) is 2.49. The molecule has 1 atom stereocenters.